The van der Waals surface area contributed by atoms with Crippen LogP contribution in [0.3, 0.4) is 0 Å². The van der Waals surface area contributed by atoms with Crippen molar-refractivity contribution in [1.82, 2.24) is 4.90 Å². The normalized spacial score (nSPS) is 27.3. The zero-order valence-electron chi connectivity index (χ0n) is 14.5. The van der Waals surface area contributed by atoms with Gasteiger partial charge >= 0.3 is 0 Å². The SMILES string of the molecule is Cc1ccc2c(C)c(C(=O)N3CCC[C@]4(CCC[C@H]4O)C3)oc2c1. The number of amides is 1. The van der Waals surface area contributed by atoms with Crippen LogP contribution in [0.25, 0.3) is 11.0 Å². The van der Waals surface area contributed by atoms with Gasteiger partial charge in [0.2, 0.25) is 0 Å². The summed E-state index contributed by atoms with van der Waals surface area (Å²) in [5, 5.41) is 11.4. The van der Waals surface area contributed by atoms with E-state index in [1.54, 1.807) is 0 Å². The van der Waals surface area contributed by atoms with Crippen molar-refractivity contribution in [3.8, 4) is 0 Å². The van der Waals surface area contributed by atoms with Crippen molar-refractivity contribution in [2.45, 2.75) is 52.1 Å². The molecule has 1 aromatic carbocycles. The van der Waals surface area contributed by atoms with Crippen LogP contribution in [-0.4, -0.2) is 35.1 Å². The second-order valence-electron chi connectivity index (χ2n) is 7.66. The Labute approximate surface area is 142 Å². The van der Waals surface area contributed by atoms with Gasteiger partial charge in [0.1, 0.15) is 5.58 Å². The first kappa shape index (κ1) is 15.7. The minimum atomic E-state index is -0.271. The Hall–Kier alpha value is -1.81. The number of carbonyl (C=O) groups is 1. The highest BCUT2D eigenvalue weighted by atomic mass is 16.3. The highest BCUT2D eigenvalue weighted by Crippen LogP contribution is 2.45. The van der Waals surface area contributed by atoms with Crippen molar-refractivity contribution < 1.29 is 14.3 Å². The lowest BCUT2D eigenvalue weighted by Gasteiger charge is -2.42. The Morgan fingerprint density at radius 1 is 1.29 bits per heavy atom. The van der Waals surface area contributed by atoms with Crippen molar-refractivity contribution in [3.63, 3.8) is 0 Å². The van der Waals surface area contributed by atoms with E-state index in [-0.39, 0.29) is 17.4 Å². The van der Waals surface area contributed by atoms with Crippen molar-refractivity contribution in [2.75, 3.05) is 13.1 Å². The molecule has 4 rings (SSSR count). The average Bonchev–Trinajstić information content (AvgIpc) is 3.07. The minimum Gasteiger partial charge on any atom is -0.451 e. The van der Waals surface area contributed by atoms with Crippen LogP contribution in [0.15, 0.2) is 22.6 Å². The Bertz CT molecular complexity index is 794. The standard InChI is InChI=1S/C20H25NO3/c1-13-6-7-15-14(2)18(24-16(15)11-13)19(23)21-10-4-9-20(12-21)8-3-5-17(20)22/h6-7,11,17,22H,3-5,8-10,12H2,1-2H3/t17-,20-/m1/s1. The topological polar surface area (TPSA) is 53.7 Å². The third-order valence-electron chi connectivity index (χ3n) is 6.04. The largest absolute Gasteiger partial charge is 0.451 e. The van der Waals surface area contributed by atoms with Crippen LogP contribution in [-0.2, 0) is 0 Å². The van der Waals surface area contributed by atoms with E-state index >= 15 is 0 Å². The van der Waals surface area contributed by atoms with Gasteiger partial charge in [-0.05, 0) is 51.2 Å². The van der Waals surface area contributed by atoms with Crippen molar-refractivity contribution >= 4 is 16.9 Å². The molecule has 1 spiro atoms. The molecule has 2 aromatic rings. The summed E-state index contributed by atoms with van der Waals surface area (Å²) < 4.78 is 5.92. The van der Waals surface area contributed by atoms with Gasteiger partial charge in [-0.2, -0.15) is 0 Å². The van der Waals surface area contributed by atoms with Crippen LogP contribution in [0.4, 0.5) is 0 Å². The quantitative estimate of drug-likeness (QED) is 0.866. The molecule has 0 radical (unpaired) electrons. The summed E-state index contributed by atoms with van der Waals surface area (Å²) in [5.74, 6) is 0.430. The average molecular weight is 327 g/mol. The maximum Gasteiger partial charge on any atom is 0.289 e. The number of fused-ring (bicyclic) bond motifs is 1. The van der Waals surface area contributed by atoms with Gasteiger partial charge in [-0.15, -0.1) is 0 Å². The Balaban J connectivity index is 1.65. The number of furan rings is 1. The summed E-state index contributed by atoms with van der Waals surface area (Å²) in [6, 6.07) is 6.06. The van der Waals surface area contributed by atoms with E-state index in [4.69, 9.17) is 4.42 Å². The molecule has 1 aliphatic carbocycles. The van der Waals surface area contributed by atoms with Crippen molar-refractivity contribution in [2.24, 2.45) is 5.41 Å². The first-order valence-electron chi connectivity index (χ1n) is 8.97. The number of aliphatic hydroxyl groups is 1. The predicted molar refractivity (Wildman–Crippen MR) is 93.1 cm³/mol. The molecule has 1 saturated heterocycles. The van der Waals surface area contributed by atoms with Crippen LogP contribution >= 0.6 is 0 Å². The van der Waals surface area contributed by atoms with Crippen molar-refractivity contribution in [3.05, 3.63) is 35.1 Å². The number of rotatable bonds is 1. The number of hydrogen-bond acceptors (Lipinski definition) is 3. The highest BCUT2D eigenvalue weighted by molar-refractivity contribution is 5.99. The van der Waals surface area contributed by atoms with Crippen LogP contribution < -0.4 is 0 Å². The zero-order valence-corrected chi connectivity index (χ0v) is 14.5. The second-order valence-corrected chi connectivity index (χ2v) is 7.66. The summed E-state index contributed by atoms with van der Waals surface area (Å²) in [6.45, 7) is 5.39. The van der Waals surface area contributed by atoms with E-state index in [0.29, 0.717) is 12.3 Å². The maximum absolute atomic E-state index is 13.1. The lowest BCUT2D eigenvalue weighted by atomic mass is 9.76. The third-order valence-corrected chi connectivity index (χ3v) is 6.04. The molecule has 1 aromatic heterocycles. The van der Waals surface area contributed by atoms with E-state index in [1.807, 2.05) is 36.9 Å². The summed E-state index contributed by atoms with van der Waals surface area (Å²) >= 11 is 0. The Morgan fingerprint density at radius 3 is 2.83 bits per heavy atom. The fourth-order valence-corrected chi connectivity index (χ4v) is 4.61. The van der Waals surface area contributed by atoms with Gasteiger partial charge in [0, 0.05) is 29.5 Å². The highest BCUT2D eigenvalue weighted by Gasteiger charge is 2.46. The fourth-order valence-electron chi connectivity index (χ4n) is 4.61. The number of benzene rings is 1. The van der Waals surface area contributed by atoms with Gasteiger partial charge in [0.15, 0.2) is 5.76 Å². The number of carbonyl (C=O) groups excluding carboxylic acids is 1. The molecule has 128 valence electrons. The van der Waals surface area contributed by atoms with Gasteiger partial charge in [0.05, 0.1) is 6.10 Å². The molecule has 2 heterocycles. The Morgan fingerprint density at radius 2 is 2.08 bits per heavy atom. The van der Waals surface area contributed by atoms with Crippen LogP contribution in [0.2, 0.25) is 0 Å². The van der Waals surface area contributed by atoms with E-state index in [1.165, 1.54) is 0 Å². The molecule has 1 saturated carbocycles. The molecular weight excluding hydrogens is 302 g/mol. The number of piperidine rings is 1. The number of nitrogens with zero attached hydrogens (tertiary/aromatic N) is 1. The molecule has 0 bridgehead atoms. The van der Waals surface area contributed by atoms with Gasteiger partial charge in [-0.1, -0.05) is 18.6 Å². The first-order chi connectivity index (χ1) is 11.5. The molecular formula is C20H25NO3. The third kappa shape index (κ3) is 2.35. The van der Waals surface area contributed by atoms with Gasteiger partial charge in [0.25, 0.3) is 5.91 Å². The van der Waals surface area contributed by atoms with Crippen LogP contribution in [0.5, 0.6) is 0 Å². The van der Waals surface area contributed by atoms with E-state index in [2.05, 4.69) is 0 Å². The zero-order chi connectivity index (χ0) is 16.9. The summed E-state index contributed by atoms with van der Waals surface area (Å²) in [6.07, 6.45) is 4.66. The van der Waals surface area contributed by atoms with Gasteiger partial charge in [-0.25, -0.2) is 0 Å². The van der Waals surface area contributed by atoms with E-state index in [0.717, 1.165) is 60.7 Å². The van der Waals surface area contributed by atoms with Crippen molar-refractivity contribution in [1.29, 1.82) is 0 Å². The predicted octanol–water partition coefficient (Wildman–Crippen LogP) is 3.82. The summed E-state index contributed by atoms with van der Waals surface area (Å²) in [7, 11) is 0. The van der Waals surface area contributed by atoms with Gasteiger partial charge in [-0.3, -0.25) is 4.79 Å². The number of likely N-dealkylation sites (tertiary alicyclic amines) is 1. The number of aryl methyl sites for hydroxylation is 2. The molecule has 0 unspecified atom stereocenters. The minimum absolute atomic E-state index is 0.0282. The second kappa shape index (κ2) is 5.62. The molecule has 2 atom stereocenters. The van der Waals surface area contributed by atoms with E-state index in [9.17, 15) is 9.90 Å². The molecule has 4 heteroatoms. The fraction of sp³-hybridized carbons (Fsp3) is 0.550. The Kier molecular flexibility index (Phi) is 3.68. The molecule has 1 N–H and O–H groups in total. The number of aliphatic hydroxyl groups excluding tert-OH is 1. The number of hydrogen-bond donors (Lipinski definition) is 1. The lowest BCUT2D eigenvalue weighted by Crippen LogP contribution is -2.49. The molecule has 2 fully saturated rings. The summed E-state index contributed by atoms with van der Waals surface area (Å²) in [5.41, 5.74) is 2.73. The van der Waals surface area contributed by atoms with Crippen LogP contribution in [0.1, 0.15) is 53.8 Å². The molecule has 24 heavy (non-hydrogen) atoms. The molecule has 1 amide bonds. The molecule has 2 aliphatic rings. The monoisotopic (exact) mass is 327 g/mol. The van der Waals surface area contributed by atoms with E-state index < -0.39 is 0 Å². The lowest BCUT2D eigenvalue weighted by molar-refractivity contribution is -0.00630. The first-order valence-corrected chi connectivity index (χ1v) is 8.97. The smallest absolute Gasteiger partial charge is 0.289 e. The molecule has 1 aliphatic heterocycles. The maximum atomic E-state index is 13.1. The van der Waals surface area contributed by atoms with Crippen LogP contribution in [0, 0.1) is 19.3 Å². The summed E-state index contributed by atoms with van der Waals surface area (Å²) in [4.78, 5) is 15.0. The molecule has 4 nitrogen and oxygen atoms in total. The van der Waals surface area contributed by atoms with Gasteiger partial charge < -0.3 is 14.4 Å².